The highest BCUT2D eigenvalue weighted by atomic mass is 16.5. The molecule has 1 amide bonds. The van der Waals surface area contributed by atoms with Gasteiger partial charge in [0.2, 0.25) is 5.75 Å². The first-order valence-electron chi connectivity index (χ1n) is 13.5. The van der Waals surface area contributed by atoms with Crippen molar-refractivity contribution in [3.05, 3.63) is 101 Å². The Bertz CT molecular complexity index is 1320. The van der Waals surface area contributed by atoms with E-state index in [9.17, 15) is 9.90 Å². The molecule has 2 aromatic carbocycles. The molecule has 0 fully saturated rings. The average Bonchev–Trinajstić information content (AvgIpc) is 2.96. The maximum Gasteiger partial charge on any atom is 0.274 e. The van der Waals surface area contributed by atoms with Crippen LogP contribution in [0.2, 0.25) is 0 Å². The van der Waals surface area contributed by atoms with Crippen LogP contribution in [-0.2, 0) is 28.0 Å². The minimum atomic E-state index is -0.497. The number of aromatic nitrogens is 2. The molecule has 1 heterocycles. The van der Waals surface area contributed by atoms with Gasteiger partial charge in [-0.2, -0.15) is 4.98 Å². The summed E-state index contributed by atoms with van der Waals surface area (Å²) in [6.07, 6.45) is 5.70. The zero-order chi connectivity index (χ0) is 29.7. The van der Waals surface area contributed by atoms with E-state index in [1.807, 2.05) is 42.5 Å². The third-order valence-corrected chi connectivity index (χ3v) is 6.12. The maximum absolute atomic E-state index is 12.9. The SMILES string of the molecule is COC/C=C(\C=C/NCc1nc(O)c(OCc2ccccc2)c(C(=O)NCCOC)n1)c1ccc(C(C)(C)C)cc1. The van der Waals surface area contributed by atoms with Crippen molar-refractivity contribution in [1.29, 1.82) is 0 Å². The molecule has 0 aliphatic carbocycles. The molecule has 9 nitrogen and oxygen atoms in total. The van der Waals surface area contributed by atoms with Crippen LogP contribution in [0.25, 0.3) is 5.57 Å². The van der Waals surface area contributed by atoms with Crippen molar-refractivity contribution in [3.8, 4) is 11.6 Å². The van der Waals surface area contributed by atoms with Crippen LogP contribution in [0.15, 0.2) is 72.9 Å². The molecule has 9 heteroatoms. The largest absolute Gasteiger partial charge is 0.491 e. The Morgan fingerprint density at radius 3 is 2.39 bits per heavy atom. The van der Waals surface area contributed by atoms with Gasteiger partial charge in [-0.05, 0) is 40.0 Å². The number of hydrogen-bond donors (Lipinski definition) is 3. The summed E-state index contributed by atoms with van der Waals surface area (Å²) in [4.78, 5) is 21.5. The molecule has 41 heavy (non-hydrogen) atoms. The van der Waals surface area contributed by atoms with Crippen molar-refractivity contribution in [2.24, 2.45) is 0 Å². The van der Waals surface area contributed by atoms with Crippen LogP contribution in [0.4, 0.5) is 0 Å². The van der Waals surface area contributed by atoms with E-state index >= 15 is 0 Å². The molecular weight excluding hydrogens is 520 g/mol. The van der Waals surface area contributed by atoms with E-state index in [1.54, 1.807) is 20.4 Å². The Kier molecular flexibility index (Phi) is 11.9. The molecule has 3 rings (SSSR count). The van der Waals surface area contributed by atoms with Gasteiger partial charge in [0.25, 0.3) is 11.8 Å². The van der Waals surface area contributed by atoms with Gasteiger partial charge in [0.05, 0.1) is 19.8 Å². The predicted octanol–water partition coefficient (Wildman–Crippen LogP) is 4.77. The molecule has 1 aromatic heterocycles. The van der Waals surface area contributed by atoms with Crippen LogP contribution in [-0.4, -0.2) is 55.0 Å². The van der Waals surface area contributed by atoms with Gasteiger partial charge < -0.3 is 30.0 Å². The molecule has 0 atom stereocenters. The van der Waals surface area contributed by atoms with E-state index < -0.39 is 11.8 Å². The van der Waals surface area contributed by atoms with E-state index in [0.717, 1.165) is 16.7 Å². The first-order chi connectivity index (χ1) is 19.7. The highest BCUT2D eigenvalue weighted by Crippen LogP contribution is 2.28. The highest BCUT2D eigenvalue weighted by Gasteiger charge is 2.22. The highest BCUT2D eigenvalue weighted by molar-refractivity contribution is 5.95. The quantitative estimate of drug-likeness (QED) is 0.191. The van der Waals surface area contributed by atoms with Crippen molar-refractivity contribution in [3.63, 3.8) is 0 Å². The van der Waals surface area contributed by atoms with Crippen molar-refractivity contribution in [1.82, 2.24) is 20.6 Å². The Balaban J connectivity index is 1.76. The number of benzene rings is 2. The van der Waals surface area contributed by atoms with Crippen molar-refractivity contribution >= 4 is 11.5 Å². The fourth-order valence-corrected chi connectivity index (χ4v) is 3.85. The number of amides is 1. The zero-order valence-electron chi connectivity index (χ0n) is 24.4. The van der Waals surface area contributed by atoms with E-state index in [0.29, 0.717) is 13.2 Å². The molecular formula is C32H40N4O5. The Labute approximate surface area is 242 Å². The molecule has 3 N–H and O–H groups in total. The molecule has 0 saturated heterocycles. The van der Waals surface area contributed by atoms with Gasteiger partial charge in [-0.15, -0.1) is 0 Å². The van der Waals surface area contributed by atoms with Crippen molar-refractivity contribution in [2.45, 2.75) is 39.3 Å². The maximum atomic E-state index is 12.9. The summed E-state index contributed by atoms with van der Waals surface area (Å²) >= 11 is 0. The number of allylic oxidation sites excluding steroid dienone is 2. The number of nitrogens with one attached hydrogen (secondary N) is 2. The van der Waals surface area contributed by atoms with Crippen LogP contribution in [0.3, 0.4) is 0 Å². The Morgan fingerprint density at radius 2 is 1.73 bits per heavy atom. The summed E-state index contributed by atoms with van der Waals surface area (Å²) in [5.74, 6) is -0.754. The summed E-state index contributed by atoms with van der Waals surface area (Å²) in [5, 5.41) is 16.6. The second-order valence-corrected chi connectivity index (χ2v) is 10.3. The lowest BCUT2D eigenvalue weighted by Gasteiger charge is -2.19. The van der Waals surface area contributed by atoms with E-state index in [4.69, 9.17) is 14.2 Å². The normalized spacial score (nSPS) is 12.0. The summed E-state index contributed by atoms with van der Waals surface area (Å²) in [6.45, 7) is 7.94. The van der Waals surface area contributed by atoms with Gasteiger partial charge in [-0.1, -0.05) is 81.4 Å². The molecule has 0 unspecified atom stereocenters. The second kappa shape index (κ2) is 15.5. The average molecular weight is 561 g/mol. The molecule has 0 saturated carbocycles. The van der Waals surface area contributed by atoms with E-state index in [1.165, 1.54) is 5.56 Å². The standard InChI is InChI=1S/C32H40N4O5/c1-32(2,3)26-13-11-24(12-14-26)25(16-19-39-4)15-17-33-21-27-35-28(30(37)34-18-20-40-5)29(31(38)36-27)41-22-23-9-7-6-8-10-23/h6-17,33H,18-22H2,1-5H3,(H,34,37)(H,35,36,38)/b17-15-,25-16+. The molecule has 0 radical (unpaired) electrons. The monoisotopic (exact) mass is 560 g/mol. The van der Waals surface area contributed by atoms with Crippen LogP contribution in [0.5, 0.6) is 11.6 Å². The van der Waals surface area contributed by atoms with Crippen LogP contribution < -0.4 is 15.4 Å². The minimum Gasteiger partial charge on any atom is -0.491 e. The molecule has 3 aromatic rings. The lowest BCUT2D eigenvalue weighted by molar-refractivity contribution is 0.0925. The number of aromatic hydroxyl groups is 1. The van der Waals surface area contributed by atoms with Gasteiger partial charge in [-0.3, -0.25) is 4.79 Å². The smallest absolute Gasteiger partial charge is 0.274 e. The number of hydrogen-bond acceptors (Lipinski definition) is 8. The fraction of sp³-hybridized carbons (Fsp3) is 0.344. The van der Waals surface area contributed by atoms with Gasteiger partial charge in [0.1, 0.15) is 6.61 Å². The Hall–Kier alpha value is -4.21. The minimum absolute atomic E-state index is 0.0510. The zero-order valence-corrected chi connectivity index (χ0v) is 24.4. The second-order valence-electron chi connectivity index (χ2n) is 10.3. The molecule has 0 spiro atoms. The predicted molar refractivity (Wildman–Crippen MR) is 160 cm³/mol. The van der Waals surface area contributed by atoms with E-state index in [2.05, 4.69) is 65.6 Å². The van der Waals surface area contributed by atoms with Crippen molar-refractivity contribution < 1.29 is 24.1 Å². The van der Waals surface area contributed by atoms with Crippen molar-refractivity contribution in [2.75, 3.05) is 34.0 Å². The lowest BCUT2D eigenvalue weighted by atomic mass is 9.86. The number of rotatable bonds is 14. The van der Waals surface area contributed by atoms with Gasteiger partial charge in [0, 0.05) is 20.8 Å². The van der Waals surface area contributed by atoms with Crippen LogP contribution in [0.1, 0.15) is 53.8 Å². The fourth-order valence-electron chi connectivity index (χ4n) is 3.85. The van der Waals surface area contributed by atoms with Gasteiger partial charge in [-0.25, -0.2) is 4.98 Å². The third-order valence-electron chi connectivity index (χ3n) is 6.12. The number of ether oxygens (including phenoxy) is 3. The van der Waals surface area contributed by atoms with Gasteiger partial charge in [0.15, 0.2) is 11.5 Å². The Morgan fingerprint density at radius 1 is 1.00 bits per heavy atom. The van der Waals surface area contributed by atoms with Crippen LogP contribution >= 0.6 is 0 Å². The number of nitrogens with zero attached hydrogens (tertiary/aromatic N) is 2. The van der Waals surface area contributed by atoms with Crippen LogP contribution in [0, 0.1) is 0 Å². The molecule has 0 aliphatic heterocycles. The number of carbonyl (C=O) groups excluding carboxylic acids is 1. The van der Waals surface area contributed by atoms with E-state index in [-0.39, 0.29) is 42.4 Å². The third kappa shape index (κ3) is 9.73. The van der Waals surface area contributed by atoms with Gasteiger partial charge >= 0.3 is 0 Å². The summed E-state index contributed by atoms with van der Waals surface area (Å²) in [5.41, 5.74) is 4.18. The summed E-state index contributed by atoms with van der Waals surface area (Å²) in [6, 6.07) is 17.9. The molecule has 0 aliphatic rings. The first kappa shape index (κ1) is 31.3. The number of methoxy groups -OCH3 is 2. The lowest BCUT2D eigenvalue weighted by Crippen LogP contribution is -2.29. The number of carbonyl (C=O) groups is 1. The molecule has 0 bridgehead atoms. The molecule has 218 valence electrons. The summed E-state index contributed by atoms with van der Waals surface area (Å²) in [7, 11) is 3.20. The summed E-state index contributed by atoms with van der Waals surface area (Å²) < 4.78 is 16.1. The topological polar surface area (TPSA) is 115 Å². The first-order valence-corrected chi connectivity index (χ1v) is 13.5.